The SMILES string of the molecule is Cc1ccccc1C(=O)N1CCCN(C(=O)c2ccc3c(c2)OCO3)CC1. The summed E-state index contributed by atoms with van der Waals surface area (Å²) >= 11 is 0. The molecule has 0 unspecified atom stereocenters. The highest BCUT2D eigenvalue weighted by Crippen LogP contribution is 2.32. The Hall–Kier alpha value is -3.02. The van der Waals surface area contributed by atoms with E-state index in [9.17, 15) is 9.59 Å². The van der Waals surface area contributed by atoms with Crippen molar-refractivity contribution in [3.8, 4) is 11.5 Å². The molecule has 0 saturated carbocycles. The standard InChI is InChI=1S/C21H22N2O4/c1-15-5-2-3-6-17(15)21(25)23-10-4-9-22(11-12-23)20(24)16-7-8-18-19(13-16)27-14-26-18/h2-3,5-8,13H,4,9-12,14H2,1H3. The van der Waals surface area contributed by atoms with E-state index in [-0.39, 0.29) is 18.6 Å². The minimum absolute atomic E-state index is 0.0329. The molecule has 0 N–H and O–H groups in total. The largest absolute Gasteiger partial charge is 0.454 e. The first-order chi connectivity index (χ1) is 13.1. The number of aryl methyl sites for hydroxylation is 1. The van der Waals surface area contributed by atoms with Gasteiger partial charge in [0.1, 0.15) is 0 Å². The van der Waals surface area contributed by atoms with Gasteiger partial charge >= 0.3 is 0 Å². The Morgan fingerprint density at radius 3 is 2.33 bits per heavy atom. The van der Waals surface area contributed by atoms with Gasteiger partial charge in [0.15, 0.2) is 11.5 Å². The van der Waals surface area contributed by atoms with Crippen LogP contribution in [0.2, 0.25) is 0 Å². The molecule has 2 aliphatic heterocycles. The van der Waals surface area contributed by atoms with Gasteiger partial charge in [-0.2, -0.15) is 0 Å². The molecule has 0 aromatic heterocycles. The average molecular weight is 366 g/mol. The monoisotopic (exact) mass is 366 g/mol. The van der Waals surface area contributed by atoms with Gasteiger partial charge in [-0.3, -0.25) is 9.59 Å². The van der Waals surface area contributed by atoms with Crippen LogP contribution < -0.4 is 9.47 Å². The molecule has 2 amide bonds. The number of rotatable bonds is 2. The Morgan fingerprint density at radius 2 is 1.56 bits per heavy atom. The van der Waals surface area contributed by atoms with Crippen molar-refractivity contribution < 1.29 is 19.1 Å². The molecule has 140 valence electrons. The van der Waals surface area contributed by atoms with Gasteiger partial charge in [-0.05, 0) is 43.2 Å². The third-order valence-electron chi connectivity index (χ3n) is 5.07. The van der Waals surface area contributed by atoms with Crippen molar-refractivity contribution in [3.05, 3.63) is 59.2 Å². The van der Waals surface area contributed by atoms with E-state index in [1.807, 2.05) is 41.0 Å². The van der Waals surface area contributed by atoms with E-state index in [0.29, 0.717) is 43.2 Å². The fourth-order valence-corrected chi connectivity index (χ4v) is 3.52. The van der Waals surface area contributed by atoms with Crippen LogP contribution in [0.5, 0.6) is 11.5 Å². The fraction of sp³-hybridized carbons (Fsp3) is 0.333. The van der Waals surface area contributed by atoms with Crippen molar-refractivity contribution in [2.75, 3.05) is 33.0 Å². The first kappa shape index (κ1) is 17.4. The van der Waals surface area contributed by atoms with Gasteiger partial charge in [0, 0.05) is 37.3 Å². The van der Waals surface area contributed by atoms with Crippen LogP contribution >= 0.6 is 0 Å². The molecule has 6 nitrogen and oxygen atoms in total. The molecule has 0 spiro atoms. The zero-order chi connectivity index (χ0) is 18.8. The minimum Gasteiger partial charge on any atom is -0.454 e. The fourth-order valence-electron chi connectivity index (χ4n) is 3.52. The van der Waals surface area contributed by atoms with Crippen LogP contribution in [-0.2, 0) is 0 Å². The normalized spacial score (nSPS) is 16.2. The maximum atomic E-state index is 12.9. The van der Waals surface area contributed by atoms with Crippen LogP contribution in [0.4, 0.5) is 0 Å². The molecule has 2 aliphatic rings. The molecule has 0 atom stereocenters. The number of carbonyl (C=O) groups excluding carboxylic acids is 2. The third-order valence-corrected chi connectivity index (χ3v) is 5.07. The Balaban J connectivity index is 1.45. The topological polar surface area (TPSA) is 59.1 Å². The predicted octanol–water partition coefficient (Wildman–Crippen LogP) is 2.71. The quantitative estimate of drug-likeness (QED) is 0.820. The maximum absolute atomic E-state index is 12.9. The highest BCUT2D eigenvalue weighted by atomic mass is 16.7. The Bertz CT molecular complexity index is 880. The molecule has 2 aromatic rings. The molecular formula is C21H22N2O4. The van der Waals surface area contributed by atoms with Crippen molar-refractivity contribution >= 4 is 11.8 Å². The smallest absolute Gasteiger partial charge is 0.254 e. The summed E-state index contributed by atoms with van der Waals surface area (Å²) < 4.78 is 10.7. The van der Waals surface area contributed by atoms with Crippen LogP contribution in [0.25, 0.3) is 0 Å². The summed E-state index contributed by atoms with van der Waals surface area (Å²) in [6.45, 7) is 4.46. The van der Waals surface area contributed by atoms with E-state index in [0.717, 1.165) is 17.5 Å². The van der Waals surface area contributed by atoms with Crippen LogP contribution in [-0.4, -0.2) is 54.6 Å². The Morgan fingerprint density at radius 1 is 0.852 bits per heavy atom. The van der Waals surface area contributed by atoms with Crippen LogP contribution in [0.1, 0.15) is 32.7 Å². The van der Waals surface area contributed by atoms with Gasteiger partial charge in [0.05, 0.1) is 0 Å². The van der Waals surface area contributed by atoms with Crippen molar-refractivity contribution in [3.63, 3.8) is 0 Å². The van der Waals surface area contributed by atoms with Crippen molar-refractivity contribution in [1.29, 1.82) is 0 Å². The number of amides is 2. The average Bonchev–Trinajstić information content (AvgIpc) is 3.02. The summed E-state index contributed by atoms with van der Waals surface area (Å²) in [7, 11) is 0. The summed E-state index contributed by atoms with van der Waals surface area (Å²) in [6.07, 6.45) is 0.758. The van der Waals surface area contributed by atoms with Gasteiger partial charge in [-0.25, -0.2) is 0 Å². The highest BCUT2D eigenvalue weighted by molar-refractivity contribution is 5.96. The van der Waals surface area contributed by atoms with Gasteiger partial charge < -0.3 is 19.3 Å². The van der Waals surface area contributed by atoms with E-state index in [2.05, 4.69) is 0 Å². The molecule has 0 aliphatic carbocycles. The maximum Gasteiger partial charge on any atom is 0.254 e. The Labute approximate surface area is 158 Å². The van der Waals surface area contributed by atoms with E-state index < -0.39 is 0 Å². The number of ether oxygens (including phenoxy) is 2. The van der Waals surface area contributed by atoms with Crippen LogP contribution in [0.3, 0.4) is 0 Å². The predicted molar refractivity (Wildman–Crippen MR) is 100 cm³/mol. The van der Waals surface area contributed by atoms with Gasteiger partial charge in [0.2, 0.25) is 6.79 Å². The Kier molecular flexibility index (Phi) is 4.71. The van der Waals surface area contributed by atoms with E-state index in [1.54, 1.807) is 18.2 Å². The first-order valence-corrected chi connectivity index (χ1v) is 9.17. The van der Waals surface area contributed by atoms with E-state index >= 15 is 0 Å². The van der Waals surface area contributed by atoms with E-state index in [4.69, 9.17) is 9.47 Å². The summed E-state index contributed by atoms with van der Waals surface area (Å²) in [5.74, 6) is 1.26. The van der Waals surface area contributed by atoms with Crippen molar-refractivity contribution in [2.45, 2.75) is 13.3 Å². The number of fused-ring (bicyclic) bond motifs is 1. The zero-order valence-electron chi connectivity index (χ0n) is 15.3. The lowest BCUT2D eigenvalue weighted by Crippen LogP contribution is -2.37. The van der Waals surface area contributed by atoms with Crippen molar-refractivity contribution in [1.82, 2.24) is 9.80 Å². The van der Waals surface area contributed by atoms with Crippen LogP contribution in [0.15, 0.2) is 42.5 Å². The second-order valence-electron chi connectivity index (χ2n) is 6.82. The summed E-state index contributed by atoms with van der Waals surface area (Å²) in [4.78, 5) is 29.4. The molecule has 6 heteroatoms. The number of benzene rings is 2. The number of hydrogen-bond donors (Lipinski definition) is 0. The number of carbonyl (C=O) groups is 2. The first-order valence-electron chi connectivity index (χ1n) is 9.17. The zero-order valence-corrected chi connectivity index (χ0v) is 15.3. The molecule has 1 saturated heterocycles. The summed E-state index contributed by atoms with van der Waals surface area (Å²) in [5.41, 5.74) is 2.28. The van der Waals surface area contributed by atoms with Gasteiger partial charge in [-0.1, -0.05) is 18.2 Å². The molecular weight excluding hydrogens is 344 g/mol. The molecule has 0 radical (unpaired) electrons. The summed E-state index contributed by atoms with van der Waals surface area (Å²) in [5, 5.41) is 0. The number of nitrogens with zero attached hydrogens (tertiary/aromatic N) is 2. The molecule has 2 heterocycles. The molecule has 0 bridgehead atoms. The summed E-state index contributed by atoms with van der Waals surface area (Å²) in [6, 6.07) is 12.9. The lowest BCUT2D eigenvalue weighted by atomic mass is 10.1. The van der Waals surface area contributed by atoms with Crippen LogP contribution in [0, 0.1) is 6.92 Å². The molecule has 27 heavy (non-hydrogen) atoms. The van der Waals surface area contributed by atoms with E-state index in [1.165, 1.54) is 0 Å². The number of hydrogen-bond acceptors (Lipinski definition) is 4. The lowest BCUT2D eigenvalue weighted by Gasteiger charge is -2.23. The second-order valence-corrected chi connectivity index (χ2v) is 6.82. The molecule has 1 fully saturated rings. The molecule has 2 aromatic carbocycles. The van der Waals surface area contributed by atoms with Gasteiger partial charge in [-0.15, -0.1) is 0 Å². The van der Waals surface area contributed by atoms with Gasteiger partial charge in [0.25, 0.3) is 11.8 Å². The molecule has 4 rings (SSSR count). The second kappa shape index (κ2) is 7.31. The minimum atomic E-state index is -0.0431. The highest BCUT2D eigenvalue weighted by Gasteiger charge is 2.25. The van der Waals surface area contributed by atoms with Crippen molar-refractivity contribution in [2.24, 2.45) is 0 Å². The third kappa shape index (κ3) is 3.47. The lowest BCUT2D eigenvalue weighted by molar-refractivity contribution is 0.0718.